The van der Waals surface area contributed by atoms with Crippen LogP contribution in [0.25, 0.3) is 0 Å². The maximum Gasteiger partial charge on any atom is 0.323 e. The maximum atomic E-state index is 10.6. The Morgan fingerprint density at radius 3 is 2.67 bits per heavy atom. The Bertz CT molecular complexity index is 139. The highest BCUT2D eigenvalue weighted by atomic mass is 35.5. The quantitative estimate of drug-likeness (QED) is 0.481. The Morgan fingerprint density at radius 1 is 1.67 bits per heavy atom. The van der Waals surface area contributed by atoms with Gasteiger partial charge < -0.3 is 10.1 Å². The van der Waals surface area contributed by atoms with Crippen LogP contribution in [0.1, 0.15) is 6.42 Å². The molecule has 2 rings (SSSR count). The summed E-state index contributed by atoms with van der Waals surface area (Å²) in [5.74, 6) is -0.0683. The van der Waals surface area contributed by atoms with Gasteiger partial charge in [-0.3, -0.25) is 4.79 Å². The molecule has 0 spiro atoms. The molecule has 0 aromatic carbocycles. The molecule has 0 radical (unpaired) electrons. The molecule has 1 N–H and O–H groups in total. The van der Waals surface area contributed by atoms with E-state index >= 15 is 0 Å². The van der Waals surface area contributed by atoms with Gasteiger partial charge in [-0.15, -0.1) is 12.4 Å². The SMILES string of the molecule is Cl.O=C1O[C@H]2CN[C@@H]1C2. The van der Waals surface area contributed by atoms with E-state index in [1.165, 1.54) is 0 Å². The lowest BCUT2D eigenvalue weighted by Crippen LogP contribution is -2.35. The van der Waals surface area contributed by atoms with Crippen molar-refractivity contribution >= 4 is 18.4 Å². The molecule has 0 saturated carbocycles. The second-order valence-electron chi connectivity index (χ2n) is 2.26. The molecule has 2 heterocycles. The first-order chi connectivity index (χ1) is 3.86. The molecule has 2 aliphatic heterocycles. The zero-order chi connectivity index (χ0) is 5.56. The van der Waals surface area contributed by atoms with Crippen molar-refractivity contribution in [3.63, 3.8) is 0 Å². The summed E-state index contributed by atoms with van der Waals surface area (Å²) in [6, 6.07) is 0.0278. The van der Waals surface area contributed by atoms with Gasteiger partial charge in [0.2, 0.25) is 0 Å². The second kappa shape index (κ2) is 2.15. The Hall–Kier alpha value is -0.280. The van der Waals surface area contributed by atoms with Crippen molar-refractivity contribution in [1.29, 1.82) is 0 Å². The van der Waals surface area contributed by atoms with Gasteiger partial charge in [0, 0.05) is 13.0 Å². The predicted octanol–water partition coefficient (Wildman–Crippen LogP) is -0.304. The fourth-order valence-corrected chi connectivity index (χ4v) is 1.22. The van der Waals surface area contributed by atoms with Gasteiger partial charge in [-0.2, -0.15) is 0 Å². The largest absolute Gasteiger partial charge is 0.460 e. The van der Waals surface area contributed by atoms with Crippen molar-refractivity contribution in [1.82, 2.24) is 5.32 Å². The van der Waals surface area contributed by atoms with Crippen LogP contribution >= 0.6 is 12.4 Å². The maximum absolute atomic E-state index is 10.6. The molecule has 2 atom stereocenters. The van der Waals surface area contributed by atoms with E-state index in [0.29, 0.717) is 0 Å². The van der Waals surface area contributed by atoms with Crippen LogP contribution in [0.15, 0.2) is 0 Å². The summed E-state index contributed by atoms with van der Waals surface area (Å²) < 4.78 is 4.86. The molecule has 0 unspecified atom stereocenters. The zero-order valence-electron chi connectivity index (χ0n) is 4.79. The molecule has 0 aliphatic carbocycles. The van der Waals surface area contributed by atoms with Gasteiger partial charge in [0.15, 0.2) is 0 Å². The van der Waals surface area contributed by atoms with Crippen LogP contribution in [0.3, 0.4) is 0 Å². The number of nitrogens with one attached hydrogen (secondary N) is 1. The Kier molecular flexibility index (Phi) is 1.64. The zero-order valence-corrected chi connectivity index (χ0v) is 5.61. The molecule has 2 aliphatic rings. The first kappa shape index (κ1) is 6.83. The molecule has 2 fully saturated rings. The summed E-state index contributed by atoms with van der Waals surface area (Å²) in [5, 5.41) is 3.03. The molecule has 2 bridgehead atoms. The van der Waals surface area contributed by atoms with Crippen LogP contribution < -0.4 is 5.32 Å². The van der Waals surface area contributed by atoms with Gasteiger partial charge in [-0.1, -0.05) is 0 Å². The minimum atomic E-state index is -0.0683. The number of ether oxygens (including phenoxy) is 1. The van der Waals surface area contributed by atoms with Crippen LogP contribution in [-0.2, 0) is 9.53 Å². The first-order valence-electron chi connectivity index (χ1n) is 2.80. The highest BCUT2D eigenvalue weighted by Gasteiger charge is 2.39. The second-order valence-corrected chi connectivity index (χ2v) is 2.26. The normalized spacial score (nSPS) is 38.0. The van der Waals surface area contributed by atoms with E-state index < -0.39 is 0 Å². The van der Waals surface area contributed by atoms with Gasteiger partial charge in [0.05, 0.1) is 0 Å². The monoisotopic (exact) mass is 149 g/mol. The van der Waals surface area contributed by atoms with Crippen molar-refractivity contribution in [3.05, 3.63) is 0 Å². The molecular formula is C5H8ClNO2. The number of carbonyl (C=O) groups excluding carboxylic acids is 1. The molecule has 52 valence electrons. The van der Waals surface area contributed by atoms with Crippen molar-refractivity contribution in [2.45, 2.75) is 18.6 Å². The van der Waals surface area contributed by atoms with Gasteiger partial charge in [0.1, 0.15) is 12.1 Å². The number of esters is 1. The molecule has 9 heavy (non-hydrogen) atoms. The van der Waals surface area contributed by atoms with E-state index in [0.717, 1.165) is 13.0 Å². The Labute approximate surface area is 59.2 Å². The van der Waals surface area contributed by atoms with Crippen molar-refractivity contribution in [2.24, 2.45) is 0 Å². The van der Waals surface area contributed by atoms with Crippen LogP contribution in [0.4, 0.5) is 0 Å². The summed E-state index contributed by atoms with van der Waals surface area (Å²) >= 11 is 0. The number of rotatable bonds is 0. The third-order valence-corrected chi connectivity index (χ3v) is 1.66. The van der Waals surface area contributed by atoms with Gasteiger partial charge in [-0.25, -0.2) is 0 Å². The molecular weight excluding hydrogens is 142 g/mol. The summed E-state index contributed by atoms with van der Waals surface area (Å²) in [6.07, 6.45) is 1.08. The lowest BCUT2D eigenvalue weighted by atomic mass is 10.2. The van der Waals surface area contributed by atoms with Gasteiger partial charge in [-0.05, 0) is 0 Å². The summed E-state index contributed by atoms with van der Waals surface area (Å²) in [4.78, 5) is 10.6. The molecule has 4 heteroatoms. The van der Waals surface area contributed by atoms with Crippen molar-refractivity contribution < 1.29 is 9.53 Å². The third kappa shape index (κ3) is 0.904. The first-order valence-corrected chi connectivity index (χ1v) is 2.80. The van der Waals surface area contributed by atoms with E-state index in [1.807, 2.05) is 0 Å². The number of hydrogen-bond donors (Lipinski definition) is 1. The van der Waals surface area contributed by atoms with E-state index in [1.54, 1.807) is 0 Å². The smallest absolute Gasteiger partial charge is 0.323 e. The lowest BCUT2D eigenvalue weighted by Gasteiger charge is -2.09. The highest BCUT2D eigenvalue weighted by Crippen LogP contribution is 2.19. The van der Waals surface area contributed by atoms with Crippen LogP contribution in [-0.4, -0.2) is 24.7 Å². The molecule has 0 amide bonds. The molecule has 0 aromatic heterocycles. The van der Waals surface area contributed by atoms with E-state index in [9.17, 15) is 4.79 Å². The Balaban J connectivity index is 0.000000405. The molecule has 2 saturated heterocycles. The van der Waals surface area contributed by atoms with Crippen molar-refractivity contribution in [2.75, 3.05) is 6.54 Å². The predicted molar refractivity (Wildman–Crippen MR) is 33.5 cm³/mol. The lowest BCUT2D eigenvalue weighted by molar-refractivity contribution is -0.145. The fraction of sp³-hybridized carbons (Fsp3) is 0.800. The summed E-state index contributed by atoms with van der Waals surface area (Å²) in [6.45, 7) is 0.858. The van der Waals surface area contributed by atoms with E-state index in [2.05, 4.69) is 5.32 Å². The van der Waals surface area contributed by atoms with E-state index in [-0.39, 0.29) is 30.5 Å². The molecule has 0 aromatic rings. The van der Waals surface area contributed by atoms with Crippen LogP contribution in [0, 0.1) is 0 Å². The van der Waals surface area contributed by atoms with E-state index in [4.69, 9.17) is 4.74 Å². The number of halogens is 1. The topological polar surface area (TPSA) is 38.3 Å². The number of morpholine rings is 1. The fourth-order valence-electron chi connectivity index (χ4n) is 1.22. The average molecular weight is 150 g/mol. The summed E-state index contributed by atoms with van der Waals surface area (Å²) in [5.41, 5.74) is 0. The van der Waals surface area contributed by atoms with Crippen LogP contribution in [0.2, 0.25) is 0 Å². The minimum Gasteiger partial charge on any atom is -0.460 e. The average Bonchev–Trinajstić information content (AvgIpc) is 2.23. The van der Waals surface area contributed by atoms with Crippen molar-refractivity contribution in [3.8, 4) is 0 Å². The number of hydrogen-bond acceptors (Lipinski definition) is 3. The summed E-state index contributed by atoms with van der Waals surface area (Å²) in [7, 11) is 0. The van der Waals surface area contributed by atoms with Gasteiger partial charge >= 0.3 is 5.97 Å². The number of fused-ring (bicyclic) bond motifs is 2. The standard InChI is InChI=1S/C5H7NO2.ClH/c7-5-4-1-3(8-5)2-6-4;/h3-4,6H,1-2H2;1H/t3-,4-;/m1./s1. The Morgan fingerprint density at radius 2 is 2.44 bits per heavy atom. The number of carbonyl (C=O) groups is 1. The highest BCUT2D eigenvalue weighted by molar-refractivity contribution is 5.85. The van der Waals surface area contributed by atoms with Crippen LogP contribution in [0.5, 0.6) is 0 Å². The third-order valence-electron chi connectivity index (χ3n) is 1.66. The molecule has 3 nitrogen and oxygen atoms in total. The van der Waals surface area contributed by atoms with Gasteiger partial charge in [0.25, 0.3) is 0 Å². The minimum absolute atomic E-state index is 0.